The van der Waals surface area contributed by atoms with Crippen molar-refractivity contribution in [2.24, 2.45) is 4.99 Å². The van der Waals surface area contributed by atoms with Crippen LogP contribution in [0.3, 0.4) is 0 Å². The topological polar surface area (TPSA) is 46.5 Å². The molecular formula is C15H12ClNO2. The first-order valence-electron chi connectivity index (χ1n) is 5.78. The van der Waals surface area contributed by atoms with E-state index < -0.39 is 5.91 Å². The van der Waals surface area contributed by atoms with Crippen molar-refractivity contribution in [1.29, 1.82) is 0 Å². The Morgan fingerprint density at radius 2 is 1.79 bits per heavy atom. The summed E-state index contributed by atoms with van der Waals surface area (Å²) in [4.78, 5) is 27.5. The largest absolute Gasteiger partial charge is 0.290 e. The summed E-state index contributed by atoms with van der Waals surface area (Å²) in [6, 6.07) is 6.75. The first-order valence-corrected chi connectivity index (χ1v) is 6.15. The molecule has 2 rings (SSSR count). The molecule has 0 saturated heterocycles. The van der Waals surface area contributed by atoms with Crippen LogP contribution in [0.5, 0.6) is 0 Å². The maximum atomic E-state index is 12.1. The Kier molecular flexibility index (Phi) is 3.76. The zero-order valence-corrected chi connectivity index (χ0v) is 11.4. The molecule has 0 saturated carbocycles. The van der Waals surface area contributed by atoms with Crippen molar-refractivity contribution in [3.63, 3.8) is 0 Å². The van der Waals surface area contributed by atoms with Gasteiger partial charge in [-0.05, 0) is 49.3 Å². The molecular weight excluding hydrogens is 262 g/mol. The summed E-state index contributed by atoms with van der Waals surface area (Å²) < 4.78 is 0. The molecule has 0 heterocycles. The van der Waals surface area contributed by atoms with Gasteiger partial charge in [0.2, 0.25) is 0 Å². The van der Waals surface area contributed by atoms with Gasteiger partial charge in [0.05, 0.1) is 16.3 Å². The highest BCUT2D eigenvalue weighted by Crippen LogP contribution is 2.18. The molecule has 0 unspecified atom stereocenters. The number of carbonyl (C=O) groups excluding carboxylic acids is 2. The Labute approximate surface area is 116 Å². The Hall–Kier alpha value is -2.00. The molecule has 0 atom stereocenters. The van der Waals surface area contributed by atoms with Crippen LogP contribution in [0.25, 0.3) is 0 Å². The number of halogens is 1. The number of rotatable bonds is 1. The number of benzene rings is 1. The van der Waals surface area contributed by atoms with Gasteiger partial charge in [0, 0.05) is 0 Å². The summed E-state index contributed by atoms with van der Waals surface area (Å²) in [5, 5.41) is 0.367. The van der Waals surface area contributed by atoms with Gasteiger partial charge in [-0.15, -0.1) is 0 Å². The van der Waals surface area contributed by atoms with Gasteiger partial charge in [-0.2, -0.15) is 0 Å². The third kappa shape index (κ3) is 2.88. The van der Waals surface area contributed by atoms with E-state index in [4.69, 9.17) is 11.6 Å². The lowest BCUT2D eigenvalue weighted by atomic mass is 9.98. The Bertz CT molecular complexity index is 654. The summed E-state index contributed by atoms with van der Waals surface area (Å²) in [6.07, 6.45) is 3.10. The molecule has 19 heavy (non-hydrogen) atoms. The highest BCUT2D eigenvalue weighted by molar-refractivity contribution is 6.34. The highest BCUT2D eigenvalue weighted by Gasteiger charge is 2.15. The molecule has 1 aliphatic carbocycles. The fourth-order valence-corrected chi connectivity index (χ4v) is 1.92. The van der Waals surface area contributed by atoms with E-state index in [9.17, 15) is 9.59 Å². The second-order valence-electron chi connectivity index (χ2n) is 4.30. The lowest BCUT2D eigenvalue weighted by Gasteiger charge is -2.09. The molecule has 1 aliphatic rings. The van der Waals surface area contributed by atoms with Crippen molar-refractivity contribution < 1.29 is 9.59 Å². The van der Waals surface area contributed by atoms with Crippen LogP contribution in [0.15, 0.2) is 52.6 Å². The van der Waals surface area contributed by atoms with E-state index in [2.05, 4.69) is 4.99 Å². The molecule has 96 valence electrons. The van der Waals surface area contributed by atoms with Crippen LogP contribution in [0.1, 0.15) is 24.2 Å². The number of amides is 1. The zero-order valence-electron chi connectivity index (χ0n) is 10.6. The van der Waals surface area contributed by atoms with Crippen molar-refractivity contribution >= 4 is 29.0 Å². The van der Waals surface area contributed by atoms with Crippen LogP contribution in [0, 0.1) is 0 Å². The van der Waals surface area contributed by atoms with E-state index in [0.29, 0.717) is 27.4 Å². The lowest BCUT2D eigenvalue weighted by molar-refractivity contribution is -0.111. The maximum absolute atomic E-state index is 12.1. The average molecular weight is 274 g/mol. The molecule has 0 fully saturated rings. The maximum Gasteiger partial charge on any atom is 0.279 e. The normalized spacial score (nSPS) is 17.2. The van der Waals surface area contributed by atoms with Crippen molar-refractivity contribution in [2.45, 2.75) is 13.8 Å². The minimum atomic E-state index is -0.410. The minimum absolute atomic E-state index is 0.0540. The van der Waals surface area contributed by atoms with Crippen molar-refractivity contribution in [1.82, 2.24) is 0 Å². The average Bonchev–Trinajstić information content (AvgIpc) is 2.36. The van der Waals surface area contributed by atoms with Gasteiger partial charge < -0.3 is 0 Å². The van der Waals surface area contributed by atoms with Crippen LogP contribution in [-0.4, -0.2) is 17.4 Å². The SMILES string of the molecule is CC1=CC(=NC(=O)c2ccccc2Cl)C(C)=CC1=O. The predicted molar refractivity (Wildman–Crippen MR) is 75.7 cm³/mol. The Balaban J connectivity index is 2.37. The number of carbonyl (C=O) groups is 2. The first kappa shape index (κ1) is 13.4. The van der Waals surface area contributed by atoms with Crippen LogP contribution in [0.4, 0.5) is 0 Å². The summed E-state index contributed by atoms with van der Waals surface area (Å²) >= 11 is 5.95. The van der Waals surface area contributed by atoms with E-state index in [0.717, 1.165) is 0 Å². The third-order valence-electron chi connectivity index (χ3n) is 2.82. The number of allylic oxidation sites excluding steroid dienone is 4. The molecule has 0 aliphatic heterocycles. The van der Waals surface area contributed by atoms with Crippen molar-refractivity contribution in [2.75, 3.05) is 0 Å². The van der Waals surface area contributed by atoms with E-state index >= 15 is 0 Å². The number of nitrogens with zero attached hydrogens (tertiary/aromatic N) is 1. The first-order chi connectivity index (χ1) is 8.99. The predicted octanol–water partition coefficient (Wildman–Crippen LogP) is 3.40. The van der Waals surface area contributed by atoms with Gasteiger partial charge in [0.15, 0.2) is 5.78 Å². The van der Waals surface area contributed by atoms with E-state index in [-0.39, 0.29) is 5.78 Å². The van der Waals surface area contributed by atoms with Crippen molar-refractivity contribution in [3.05, 3.63) is 58.1 Å². The minimum Gasteiger partial charge on any atom is -0.290 e. The number of ketones is 1. The Morgan fingerprint density at radius 1 is 1.11 bits per heavy atom. The highest BCUT2D eigenvalue weighted by atomic mass is 35.5. The van der Waals surface area contributed by atoms with Crippen LogP contribution < -0.4 is 0 Å². The fraction of sp³-hybridized carbons (Fsp3) is 0.133. The van der Waals surface area contributed by atoms with Crippen LogP contribution in [-0.2, 0) is 4.79 Å². The number of hydrogen-bond donors (Lipinski definition) is 0. The second kappa shape index (κ2) is 5.33. The van der Waals surface area contributed by atoms with Crippen LogP contribution >= 0.6 is 11.6 Å². The van der Waals surface area contributed by atoms with Gasteiger partial charge in [-0.25, -0.2) is 4.99 Å². The summed E-state index contributed by atoms with van der Waals surface area (Å²) in [6.45, 7) is 3.44. The van der Waals surface area contributed by atoms with Gasteiger partial charge >= 0.3 is 0 Å². The molecule has 3 nitrogen and oxygen atoms in total. The fourth-order valence-electron chi connectivity index (χ4n) is 1.70. The quantitative estimate of drug-likeness (QED) is 0.736. The smallest absolute Gasteiger partial charge is 0.279 e. The van der Waals surface area contributed by atoms with Gasteiger partial charge in [-0.3, -0.25) is 9.59 Å². The molecule has 1 amide bonds. The molecule has 1 aromatic rings. The van der Waals surface area contributed by atoms with Gasteiger partial charge in [0.25, 0.3) is 5.91 Å². The molecule has 0 bridgehead atoms. The number of aliphatic imine (C=N–C) groups is 1. The van der Waals surface area contributed by atoms with Crippen LogP contribution in [0.2, 0.25) is 5.02 Å². The number of hydrogen-bond acceptors (Lipinski definition) is 2. The molecule has 4 heteroatoms. The zero-order chi connectivity index (χ0) is 14.0. The van der Waals surface area contributed by atoms with Gasteiger partial charge in [-0.1, -0.05) is 23.7 Å². The van der Waals surface area contributed by atoms with Gasteiger partial charge in [0.1, 0.15) is 0 Å². The summed E-state index contributed by atoms with van der Waals surface area (Å²) in [5.41, 5.74) is 2.10. The third-order valence-corrected chi connectivity index (χ3v) is 3.15. The molecule has 0 N–H and O–H groups in total. The Morgan fingerprint density at radius 3 is 2.47 bits per heavy atom. The molecule has 0 radical (unpaired) electrons. The van der Waals surface area contributed by atoms with E-state index in [1.807, 2.05) is 0 Å². The van der Waals surface area contributed by atoms with Crippen molar-refractivity contribution in [3.8, 4) is 0 Å². The molecule has 0 aromatic heterocycles. The monoisotopic (exact) mass is 273 g/mol. The second-order valence-corrected chi connectivity index (χ2v) is 4.71. The lowest BCUT2D eigenvalue weighted by Crippen LogP contribution is -2.12. The van der Waals surface area contributed by atoms with E-state index in [1.54, 1.807) is 44.2 Å². The van der Waals surface area contributed by atoms with E-state index in [1.165, 1.54) is 6.08 Å². The standard InChI is InChI=1S/C15H12ClNO2/c1-9-8-14(18)10(2)7-13(9)17-15(19)11-5-3-4-6-12(11)16/h3-8H,1-2H3. The summed E-state index contributed by atoms with van der Waals surface area (Å²) in [5.74, 6) is -0.464. The molecule has 1 aromatic carbocycles. The summed E-state index contributed by atoms with van der Waals surface area (Å²) in [7, 11) is 0. The molecule has 0 spiro atoms.